The van der Waals surface area contributed by atoms with Crippen molar-refractivity contribution in [2.24, 2.45) is 17.6 Å². The normalized spacial score (nSPS) is 28.6. The number of rotatable bonds is 4. The van der Waals surface area contributed by atoms with Gasteiger partial charge < -0.3 is 15.0 Å². The van der Waals surface area contributed by atoms with Gasteiger partial charge in [0.25, 0.3) is 0 Å². The van der Waals surface area contributed by atoms with E-state index in [9.17, 15) is 4.39 Å². The maximum absolute atomic E-state index is 13.1. The Hall–Kier alpha value is -1.66. The minimum absolute atomic E-state index is 0. The smallest absolute Gasteiger partial charge is 0.231 e. The second-order valence-electron chi connectivity index (χ2n) is 6.23. The molecule has 2 fully saturated rings. The van der Waals surface area contributed by atoms with Crippen LogP contribution in [-0.2, 0) is 6.61 Å². The molecule has 0 aliphatic heterocycles. The molecule has 5 nitrogen and oxygen atoms in total. The van der Waals surface area contributed by atoms with Gasteiger partial charge in [-0.3, -0.25) is 0 Å². The number of nitrogens with zero attached hydrogens (tertiary/aromatic N) is 2. The van der Waals surface area contributed by atoms with Crippen LogP contribution in [0.15, 0.2) is 28.8 Å². The molecule has 0 radical (unpaired) electrons. The summed E-state index contributed by atoms with van der Waals surface area (Å²) in [4.78, 5) is 4.42. The van der Waals surface area contributed by atoms with Crippen molar-refractivity contribution < 1.29 is 13.7 Å². The van der Waals surface area contributed by atoms with Gasteiger partial charge in [0.15, 0.2) is 6.61 Å². The first-order chi connectivity index (χ1) is 10.7. The largest absolute Gasteiger partial charge is 0.485 e. The zero-order chi connectivity index (χ0) is 15.1. The maximum atomic E-state index is 13.1. The van der Waals surface area contributed by atoms with Gasteiger partial charge in [-0.1, -0.05) is 11.2 Å². The van der Waals surface area contributed by atoms with Gasteiger partial charge in [0.1, 0.15) is 11.6 Å². The lowest BCUT2D eigenvalue weighted by molar-refractivity contribution is 0.268. The summed E-state index contributed by atoms with van der Waals surface area (Å²) in [7, 11) is 0. The van der Waals surface area contributed by atoms with Crippen LogP contribution in [-0.4, -0.2) is 16.2 Å². The van der Waals surface area contributed by atoms with Crippen LogP contribution < -0.4 is 10.5 Å². The van der Waals surface area contributed by atoms with Gasteiger partial charge in [-0.2, -0.15) is 4.98 Å². The predicted molar refractivity (Wildman–Crippen MR) is 83.8 cm³/mol. The summed E-state index contributed by atoms with van der Waals surface area (Å²) in [6, 6.07) is 6.11. The van der Waals surface area contributed by atoms with Crippen molar-refractivity contribution in [1.82, 2.24) is 10.1 Å². The average Bonchev–Trinajstić information content (AvgIpc) is 3.20. The number of aromatic nitrogens is 2. The molecule has 4 unspecified atom stereocenters. The van der Waals surface area contributed by atoms with E-state index in [-0.39, 0.29) is 36.8 Å². The molecule has 2 N–H and O–H groups in total. The Kier molecular flexibility index (Phi) is 4.55. The third-order valence-electron chi connectivity index (χ3n) is 4.91. The van der Waals surface area contributed by atoms with Crippen LogP contribution in [0.2, 0.25) is 0 Å². The summed E-state index contributed by atoms with van der Waals surface area (Å²) in [5.74, 6) is 2.54. The van der Waals surface area contributed by atoms with Gasteiger partial charge in [0, 0.05) is 12.1 Å². The van der Waals surface area contributed by atoms with Crippen molar-refractivity contribution in [3.63, 3.8) is 0 Å². The third kappa shape index (κ3) is 3.05. The van der Waals surface area contributed by atoms with Crippen molar-refractivity contribution in [2.45, 2.75) is 37.8 Å². The van der Waals surface area contributed by atoms with E-state index < -0.39 is 0 Å². The molecule has 0 amide bonds. The molecule has 2 aliphatic carbocycles. The molecule has 2 bridgehead atoms. The molecule has 1 heterocycles. The standard InChI is InChI=1S/C16H18FN3O2.ClH/c17-11-2-1-3-12(7-11)21-8-13-19-16(22-20-13)14-9-4-5-10(6-9)15(14)18;/h1-3,7,9-10,14-15H,4-6,8,18H2;1H. The van der Waals surface area contributed by atoms with Crippen molar-refractivity contribution >= 4 is 12.4 Å². The van der Waals surface area contributed by atoms with E-state index in [1.807, 2.05) is 0 Å². The van der Waals surface area contributed by atoms with E-state index in [4.69, 9.17) is 15.0 Å². The molecule has 4 rings (SSSR count). The molecule has 124 valence electrons. The minimum Gasteiger partial charge on any atom is -0.485 e. The van der Waals surface area contributed by atoms with E-state index in [2.05, 4.69) is 10.1 Å². The highest BCUT2D eigenvalue weighted by molar-refractivity contribution is 5.85. The number of fused-ring (bicyclic) bond motifs is 2. The van der Waals surface area contributed by atoms with Crippen LogP contribution in [0.4, 0.5) is 4.39 Å². The van der Waals surface area contributed by atoms with E-state index >= 15 is 0 Å². The minimum atomic E-state index is -0.334. The van der Waals surface area contributed by atoms with Crippen molar-refractivity contribution in [1.29, 1.82) is 0 Å². The monoisotopic (exact) mass is 339 g/mol. The summed E-state index contributed by atoms with van der Waals surface area (Å²) in [5.41, 5.74) is 6.29. The molecule has 23 heavy (non-hydrogen) atoms. The SMILES string of the molecule is Cl.NC1C2CCC(C2)C1c1nc(COc2cccc(F)c2)no1. The molecule has 1 aromatic heterocycles. The molecule has 1 aromatic carbocycles. The molecular formula is C16H19ClFN3O2. The molecule has 2 saturated carbocycles. The van der Waals surface area contributed by atoms with E-state index in [0.717, 1.165) is 0 Å². The number of hydrogen-bond acceptors (Lipinski definition) is 5. The van der Waals surface area contributed by atoms with Crippen LogP contribution in [0.1, 0.15) is 36.9 Å². The Balaban J connectivity index is 0.00000156. The van der Waals surface area contributed by atoms with Gasteiger partial charge in [0.2, 0.25) is 11.7 Å². The number of nitrogens with two attached hydrogens (primary N) is 1. The number of hydrogen-bond donors (Lipinski definition) is 1. The quantitative estimate of drug-likeness (QED) is 0.926. The van der Waals surface area contributed by atoms with Crippen molar-refractivity contribution in [2.75, 3.05) is 0 Å². The van der Waals surface area contributed by atoms with Crippen LogP contribution in [0.3, 0.4) is 0 Å². The van der Waals surface area contributed by atoms with Gasteiger partial charge in [-0.15, -0.1) is 12.4 Å². The highest BCUT2D eigenvalue weighted by Crippen LogP contribution is 2.51. The summed E-state index contributed by atoms with van der Waals surface area (Å²) >= 11 is 0. The molecule has 0 saturated heterocycles. The second kappa shape index (κ2) is 6.45. The Morgan fingerprint density at radius 2 is 2.13 bits per heavy atom. The van der Waals surface area contributed by atoms with Gasteiger partial charge in [0.05, 0.1) is 5.92 Å². The fraction of sp³-hybridized carbons (Fsp3) is 0.500. The average molecular weight is 340 g/mol. The Bertz CT molecular complexity index is 679. The fourth-order valence-electron chi connectivity index (χ4n) is 3.87. The zero-order valence-corrected chi connectivity index (χ0v) is 13.3. The topological polar surface area (TPSA) is 74.2 Å². The summed E-state index contributed by atoms with van der Waals surface area (Å²) in [5, 5.41) is 3.96. The zero-order valence-electron chi connectivity index (χ0n) is 12.5. The lowest BCUT2D eigenvalue weighted by Crippen LogP contribution is -2.34. The highest BCUT2D eigenvalue weighted by Gasteiger charge is 2.48. The molecule has 7 heteroatoms. The number of benzene rings is 1. The Labute approximate surface area is 139 Å². The Morgan fingerprint density at radius 1 is 1.30 bits per heavy atom. The van der Waals surface area contributed by atoms with Crippen LogP contribution in [0.5, 0.6) is 5.75 Å². The summed E-state index contributed by atoms with van der Waals surface area (Å²) in [6.07, 6.45) is 3.58. The highest BCUT2D eigenvalue weighted by atomic mass is 35.5. The summed E-state index contributed by atoms with van der Waals surface area (Å²) in [6.45, 7) is 0.156. The maximum Gasteiger partial charge on any atom is 0.231 e. The fourth-order valence-corrected chi connectivity index (χ4v) is 3.87. The molecule has 4 atom stereocenters. The lowest BCUT2D eigenvalue weighted by Gasteiger charge is -2.24. The first-order valence-corrected chi connectivity index (χ1v) is 7.67. The van der Waals surface area contributed by atoms with E-state index in [0.29, 0.717) is 29.3 Å². The lowest BCUT2D eigenvalue weighted by atomic mass is 9.85. The van der Waals surface area contributed by atoms with Gasteiger partial charge >= 0.3 is 0 Å². The van der Waals surface area contributed by atoms with Crippen LogP contribution in [0, 0.1) is 17.7 Å². The van der Waals surface area contributed by atoms with Gasteiger partial charge in [-0.25, -0.2) is 4.39 Å². The van der Waals surface area contributed by atoms with E-state index in [1.165, 1.54) is 31.4 Å². The molecule has 0 spiro atoms. The second-order valence-corrected chi connectivity index (χ2v) is 6.23. The van der Waals surface area contributed by atoms with Gasteiger partial charge in [-0.05, 0) is 43.2 Å². The third-order valence-corrected chi connectivity index (χ3v) is 4.91. The predicted octanol–water partition coefficient (Wildman–Crippen LogP) is 3.05. The first kappa shape index (κ1) is 16.2. The van der Waals surface area contributed by atoms with Crippen molar-refractivity contribution in [3.05, 3.63) is 41.8 Å². The molecule has 2 aliphatic rings. The van der Waals surface area contributed by atoms with Crippen LogP contribution >= 0.6 is 12.4 Å². The van der Waals surface area contributed by atoms with Crippen molar-refractivity contribution in [3.8, 4) is 5.75 Å². The number of ether oxygens (including phenoxy) is 1. The number of halogens is 2. The van der Waals surface area contributed by atoms with Crippen LogP contribution in [0.25, 0.3) is 0 Å². The van der Waals surface area contributed by atoms with E-state index in [1.54, 1.807) is 12.1 Å². The Morgan fingerprint density at radius 3 is 2.87 bits per heavy atom. The first-order valence-electron chi connectivity index (χ1n) is 7.67. The molecule has 2 aromatic rings. The molecular weight excluding hydrogens is 321 g/mol. The summed E-state index contributed by atoms with van der Waals surface area (Å²) < 4.78 is 24.0.